The van der Waals surface area contributed by atoms with Gasteiger partial charge in [-0.1, -0.05) is 37.6 Å². The van der Waals surface area contributed by atoms with Crippen LogP contribution in [0.15, 0.2) is 70.5 Å². The maximum atomic E-state index is 12.9. The van der Waals surface area contributed by atoms with Crippen molar-refractivity contribution in [2.24, 2.45) is 4.99 Å². The van der Waals surface area contributed by atoms with Crippen LogP contribution in [0.2, 0.25) is 0 Å². The Kier molecular flexibility index (Phi) is 6.29. The van der Waals surface area contributed by atoms with E-state index in [0.717, 1.165) is 40.6 Å². The van der Waals surface area contributed by atoms with E-state index >= 15 is 0 Å². The van der Waals surface area contributed by atoms with Crippen LogP contribution in [0.1, 0.15) is 31.7 Å². The zero-order chi connectivity index (χ0) is 24.6. The molecule has 1 aliphatic rings. The SMILES string of the molecule is CCCCC1=NC(Br)=C[N+]1(Cc1cccc2c1ccn2-c1ccccc1-c1nn[nH]n1)P(=O)(O)O. The van der Waals surface area contributed by atoms with E-state index < -0.39 is 12.0 Å². The van der Waals surface area contributed by atoms with Crippen molar-refractivity contribution < 1.29 is 18.6 Å². The van der Waals surface area contributed by atoms with Crippen LogP contribution in [0, 0.1) is 0 Å². The van der Waals surface area contributed by atoms with Crippen LogP contribution >= 0.6 is 23.7 Å². The number of quaternary nitrogens is 1. The quantitative estimate of drug-likeness (QED) is 0.206. The highest BCUT2D eigenvalue weighted by Crippen LogP contribution is 2.55. The number of tetrazole rings is 1. The van der Waals surface area contributed by atoms with E-state index in [2.05, 4.69) is 41.5 Å². The molecule has 1 atom stereocenters. The van der Waals surface area contributed by atoms with E-state index in [1.165, 1.54) is 6.20 Å². The standard InChI is InChI=1S/C23H23BrN7O3P/c1-2-3-11-22-25-21(24)15-31(22,35(32,33)34)14-16-7-6-10-19-17(16)12-13-30(19)20-9-5-4-8-18(20)23-26-28-29-27-23/h4-10,12-13,15H,2-3,11,14H2,1H3,(H2-,26,27,28,29,32,33,34)/p+1. The van der Waals surface area contributed by atoms with Gasteiger partial charge in [0.2, 0.25) is 11.7 Å². The Hall–Kier alpha value is -2.95. The van der Waals surface area contributed by atoms with Crippen molar-refractivity contribution in [1.82, 2.24) is 25.2 Å². The fourth-order valence-electron chi connectivity index (χ4n) is 4.52. The van der Waals surface area contributed by atoms with Crippen LogP contribution in [0.25, 0.3) is 28.0 Å². The molecule has 1 unspecified atom stereocenters. The van der Waals surface area contributed by atoms with E-state index in [-0.39, 0.29) is 6.54 Å². The molecule has 2 aromatic carbocycles. The topological polar surface area (TPSA) is 129 Å². The Morgan fingerprint density at radius 2 is 1.97 bits per heavy atom. The van der Waals surface area contributed by atoms with Gasteiger partial charge in [0.15, 0.2) is 4.61 Å². The lowest BCUT2D eigenvalue weighted by Gasteiger charge is -2.32. The first kappa shape index (κ1) is 23.8. The maximum absolute atomic E-state index is 12.9. The number of fused-ring (bicyclic) bond motifs is 1. The molecule has 0 fully saturated rings. The molecule has 10 nitrogen and oxygen atoms in total. The van der Waals surface area contributed by atoms with E-state index in [1.807, 2.05) is 66.2 Å². The highest BCUT2D eigenvalue weighted by molar-refractivity contribution is 9.11. The number of nitrogens with zero attached hydrogens (tertiary/aromatic N) is 6. The Bertz CT molecular complexity index is 1490. The number of halogens is 1. The monoisotopic (exact) mass is 556 g/mol. The Morgan fingerprint density at radius 3 is 2.71 bits per heavy atom. The van der Waals surface area contributed by atoms with E-state index in [0.29, 0.717) is 22.7 Å². The molecule has 0 radical (unpaired) electrons. The number of aromatic amines is 1. The number of unbranched alkanes of at least 4 members (excludes halogenated alkanes) is 1. The maximum Gasteiger partial charge on any atom is 0.537 e. The van der Waals surface area contributed by atoms with Crippen LogP contribution in [0.5, 0.6) is 0 Å². The number of H-pyrrole nitrogens is 1. The summed E-state index contributed by atoms with van der Waals surface area (Å²) in [6.45, 7) is 2.12. The third kappa shape index (κ3) is 4.19. The molecular formula is C23H24BrN7O3P+. The number of nitrogens with one attached hydrogen (secondary N) is 1. The average Bonchev–Trinajstić information content (AvgIpc) is 3.57. The third-order valence-electron chi connectivity index (χ3n) is 6.21. The molecule has 0 saturated heterocycles. The van der Waals surface area contributed by atoms with Gasteiger partial charge in [-0.3, -0.25) is 9.79 Å². The zero-order valence-corrected chi connectivity index (χ0v) is 21.4. The second-order valence-electron chi connectivity index (χ2n) is 8.37. The van der Waals surface area contributed by atoms with Crippen molar-refractivity contribution in [2.45, 2.75) is 32.7 Å². The summed E-state index contributed by atoms with van der Waals surface area (Å²) in [7, 11) is -4.65. The van der Waals surface area contributed by atoms with Crippen LogP contribution in [-0.2, 0) is 11.1 Å². The van der Waals surface area contributed by atoms with Crippen molar-refractivity contribution >= 4 is 40.4 Å². The summed E-state index contributed by atoms with van der Waals surface area (Å²) >= 11 is 3.35. The molecular weight excluding hydrogens is 533 g/mol. The molecule has 0 saturated carbocycles. The minimum Gasteiger partial charge on any atom is -0.316 e. The molecule has 5 rings (SSSR count). The van der Waals surface area contributed by atoms with Gasteiger partial charge in [-0.15, -0.1) is 10.2 Å². The summed E-state index contributed by atoms with van der Waals surface area (Å²) in [5.41, 5.74) is 3.39. The number of hydrogen-bond acceptors (Lipinski definition) is 5. The molecule has 2 aromatic heterocycles. The fraction of sp³-hybridized carbons (Fsp3) is 0.217. The van der Waals surface area contributed by atoms with Crippen LogP contribution in [-0.4, -0.2) is 45.1 Å². The lowest BCUT2D eigenvalue weighted by atomic mass is 10.1. The molecule has 3 heterocycles. The summed E-state index contributed by atoms with van der Waals surface area (Å²) in [6.07, 6.45) is 5.66. The van der Waals surface area contributed by atoms with Gasteiger partial charge >= 0.3 is 7.75 Å². The Morgan fingerprint density at radius 1 is 1.14 bits per heavy atom. The summed E-state index contributed by atoms with van der Waals surface area (Å²) in [5, 5.41) is 15.3. The highest BCUT2D eigenvalue weighted by Gasteiger charge is 2.52. The van der Waals surface area contributed by atoms with Crippen molar-refractivity contribution in [2.75, 3.05) is 0 Å². The van der Waals surface area contributed by atoms with Gasteiger partial charge in [-0.05, 0) is 51.8 Å². The lowest BCUT2D eigenvalue weighted by Crippen LogP contribution is -2.42. The first-order chi connectivity index (χ1) is 16.8. The zero-order valence-electron chi connectivity index (χ0n) is 18.9. The van der Waals surface area contributed by atoms with Crippen LogP contribution in [0.3, 0.4) is 0 Å². The minimum atomic E-state index is -4.65. The lowest BCUT2D eigenvalue weighted by molar-refractivity contribution is -0.686. The largest absolute Gasteiger partial charge is 0.537 e. The van der Waals surface area contributed by atoms with E-state index in [9.17, 15) is 14.4 Å². The predicted molar refractivity (Wildman–Crippen MR) is 136 cm³/mol. The number of hydrogen-bond donors (Lipinski definition) is 3. The molecule has 3 N–H and O–H groups in total. The molecule has 0 aliphatic carbocycles. The second kappa shape index (κ2) is 9.25. The minimum absolute atomic E-state index is 0.0791. The normalized spacial score (nSPS) is 18.2. The smallest absolute Gasteiger partial charge is 0.316 e. The van der Waals surface area contributed by atoms with E-state index in [1.54, 1.807) is 0 Å². The van der Waals surface area contributed by atoms with Crippen molar-refractivity contribution in [3.63, 3.8) is 0 Å². The first-order valence-electron chi connectivity index (χ1n) is 11.2. The van der Waals surface area contributed by atoms with Crippen molar-refractivity contribution in [1.29, 1.82) is 0 Å². The number of para-hydroxylation sites is 1. The summed E-state index contributed by atoms with van der Waals surface area (Å²) in [4.78, 5) is 25.5. The molecule has 12 heteroatoms. The Balaban J connectivity index is 1.62. The van der Waals surface area contributed by atoms with E-state index in [4.69, 9.17) is 0 Å². The average molecular weight is 557 g/mol. The number of aromatic nitrogens is 5. The van der Waals surface area contributed by atoms with Gasteiger partial charge in [-0.25, -0.2) is 4.57 Å². The second-order valence-corrected chi connectivity index (χ2v) is 10.9. The van der Waals surface area contributed by atoms with Gasteiger partial charge < -0.3 is 4.57 Å². The molecule has 0 spiro atoms. The number of rotatable bonds is 8. The van der Waals surface area contributed by atoms with Gasteiger partial charge in [0.25, 0.3) is 0 Å². The van der Waals surface area contributed by atoms with Gasteiger partial charge in [0, 0.05) is 29.1 Å². The van der Waals surface area contributed by atoms with Crippen molar-refractivity contribution in [3.05, 3.63) is 71.1 Å². The molecule has 180 valence electrons. The summed E-state index contributed by atoms with van der Waals surface area (Å²) < 4.78 is 14.8. The van der Waals surface area contributed by atoms with Gasteiger partial charge in [0.05, 0.1) is 11.2 Å². The van der Waals surface area contributed by atoms with Crippen LogP contribution < -0.4 is 0 Å². The third-order valence-corrected chi connectivity index (χ3v) is 8.01. The molecule has 0 amide bonds. The molecule has 0 bridgehead atoms. The van der Waals surface area contributed by atoms with Crippen molar-refractivity contribution in [3.8, 4) is 17.1 Å². The molecule has 1 aliphatic heterocycles. The molecule has 4 aromatic rings. The highest BCUT2D eigenvalue weighted by atomic mass is 79.9. The number of benzene rings is 2. The fourth-order valence-corrected chi connectivity index (χ4v) is 6.27. The van der Waals surface area contributed by atoms with Crippen LogP contribution in [0.4, 0.5) is 0 Å². The summed E-state index contributed by atoms with van der Waals surface area (Å²) in [6, 6.07) is 15.5. The Labute approximate surface area is 209 Å². The van der Waals surface area contributed by atoms with Gasteiger partial charge in [0.1, 0.15) is 12.7 Å². The summed E-state index contributed by atoms with van der Waals surface area (Å²) in [5.74, 6) is 0.944. The van der Waals surface area contributed by atoms with Gasteiger partial charge in [-0.2, -0.15) is 14.5 Å². The molecule has 35 heavy (non-hydrogen) atoms. The predicted octanol–water partition coefficient (Wildman–Crippen LogP) is 5.02. The number of amidine groups is 1. The first-order valence-corrected chi connectivity index (χ1v) is 13.5. The number of aliphatic imine (C=N–C) groups is 1.